The molecule has 0 spiro atoms. The van der Waals surface area contributed by atoms with Crippen LogP contribution in [0.15, 0.2) is 72.1 Å². The predicted octanol–water partition coefficient (Wildman–Crippen LogP) is 3.93. The molecule has 116 valence electrons. The number of hydrogen-bond acceptors (Lipinski definition) is 2. The Labute approximate surface area is 133 Å². The monoisotopic (exact) mass is 315 g/mol. The maximum absolute atomic E-state index is 13.0. The Balaban J connectivity index is 2.47. The quantitative estimate of drug-likeness (QED) is 0.757. The lowest BCUT2D eigenvalue weighted by atomic mass is 10.1. The summed E-state index contributed by atoms with van der Waals surface area (Å²) in [5.74, 6) is 0. The number of nitrogens with zero attached hydrogens (tertiary/aromatic N) is 1. The molecule has 4 heteroatoms. The molecule has 0 fully saturated rings. The van der Waals surface area contributed by atoms with Gasteiger partial charge in [0.05, 0.1) is 4.90 Å². The van der Waals surface area contributed by atoms with E-state index in [9.17, 15) is 8.42 Å². The summed E-state index contributed by atoms with van der Waals surface area (Å²) in [5.41, 5.74) is 1.71. The van der Waals surface area contributed by atoms with Crippen molar-refractivity contribution < 1.29 is 8.42 Å². The molecule has 0 aliphatic carbocycles. The van der Waals surface area contributed by atoms with E-state index in [0.29, 0.717) is 4.90 Å². The molecule has 0 aliphatic rings. The molecule has 0 aliphatic heterocycles. The number of hydrogen-bond donors (Lipinski definition) is 0. The molecule has 0 heterocycles. The molecule has 1 atom stereocenters. The number of benzene rings is 2. The average molecular weight is 315 g/mol. The average Bonchev–Trinajstić information content (AvgIpc) is 2.53. The molecule has 0 bridgehead atoms. The molecule has 0 amide bonds. The molecular weight excluding hydrogens is 294 g/mol. The van der Waals surface area contributed by atoms with Gasteiger partial charge in [0.2, 0.25) is 10.0 Å². The van der Waals surface area contributed by atoms with Gasteiger partial charge in [-0.05, 0) is 31.0 Å². The second-order valence-corrected chi connectivity index (χ2v) is 7.07. The molecule has 0 saturated heterocycles. The van der Waals surface area contributed by atoms with Crippen molar-refractivity contribution >= 4 is 10.0 Å². The van der Waals surface area contributed by atoms with Crippen molar-refractivity contribution in [3.8, 4) is 0 Å². The Morgan fingerprint density at radius 1 is 1.09 bits per heavy atom. The van der Waals surface area contributed by atoms with Crippen LogP contribution < -0.4 is 0 Å². The lowest BCUT2D eigenvalue weighted by Gasteiger charge is -2.28. The van der Waals surface area contributed by atoms with Gasteiger partial charge in [0, 0.05) is 12.6 Å². The highest BCUT2D eigenvalue weighted by Crippen LogP contribution is 2.28. The SMILES string of the molecule is C=CCN(C(C)c1ccccc1)S(=O)(=O)c1ccccc1C. The van der Waals surface area contributed by atoms with Crippen LogP contribution in [-0.4, -0.2) is 19.3 Å². The molecule has 1 unspecified atom stereocenters. The first kappa shape index (κ1) is 16.5. The van der Waals surface area contributed by atoms with E-state index in [0.717, 1.165) is 11.1 Å². The molecular formula is C18H21NO2S. The molecule has 0 aromatic heterocycles. The minimum Gasteiger partial charge on any atom is -0.207 e. The highest BCUT2D eigenvalue weighted by molar-refractivity contribution is 7.89. The lowest BCUT2D eigenvalue weighted by molar-refractivity contribution is 0.370. The summed E-state index contributed by atoms with van der Waals surface area (Å²) >= 11 is 0. The third kappa shape index (κ3) is 3.29. The molecule has 22 heavy (non-hydrogen) atoms. The van der Waals surface area contributed by atoms with Crippen molar-refractivity contribution in [1.29, 1.82) is 0 Å². The second kappa shape index (κ2) is 6.90. The zero-order chi connectivity index (χ0) is 16.2. The van der Waals surface area contributed by atoms with Gasteiger partial charge < -0.3 is 0 Å². The van der Waals surface area contributed by atoms with Crippen LogP contribution in [0.5, 0.6) is 0 Å². The normalized spacial score (nSPS) is 13.0. The molecule has 0 saturated carbocycles. The van der Waals surface area contributed by atoms with Crippen LogP contribution in [-0.2, 0) is 10.0 Å². The van der Waals surface area contributed by atoms with E-state index >= 15 is 0 Å². The van der Waals surface area contributed by atoms with E-state index in [-0.39, 0.29) is 12.6 Å². The second-order valence-electron chi connectivity index (χ2n) is 5.22. The maximum Gasteiger partial charge on any atom is 0.244 e. The van der Waals surface area contributed by atoms with Gasteiger partial charge in [-0.15, -0.1) is 6.58 Å². The topological polar surface area (TPSA) is 37.4 Å². The Kier molecular flexibility index (Phi) is 5.16. The number of sulfonamides is 1. The van der Waals surface area contributed by atoms with Crippen LogP contribution in [0.4, 0.5) is 0 Å². The van der Waals surface area contributed by atoms with Crippen molar-refractivity contribution in [1.82, 2.24) is 4.31 Å². The fraction of sp³-hybridized carbons (Fsp3) is 0.222. The maximum atomic E-state index is 13.0. The molecule has 2 aromatic carbocycles. The number of rotatable bonds is 6. The van der Waals surface area contributed by atoms with E-state index < -0.39 is 10.0 Å². The third-order valence-corrected chi connectivity index (χ3v) is 5.80. The fourth-order valence-electron chi connectivity index (χ4n) is 2.46. The molecule has 2 aromatic rings. The van der Waals surface area contributed by atoms with Gasteiger partial charge in [-0.1, -0.05) is 54.6 Å². The lowest BCUT2D eigenvalue weighted by Crippen LogP contribution is -2.34. The van der Waals surface area contributed by atoms with E-state index in [1.165, 1.54) is 4.31 Å². The molecule has 0 radical (unpaired) electrons. The van der Waals surface area contributed by atoms with Crippen molar-refractivity contribution in [3.63, 3.8) is 0 Å². The summed E-state index contributed by atoms with van der Waals surface area (Å²) in [6.07, 6.45) is 1.62. The van der Waals surface area contributed by atoms with Crippen molar-refractivity contribution in [2.24, 2.45) is 0 Å². The van der Waals surface area contributed by atoms with E-state index in [1.54, 1.807) is 18.2 Å². The van der Waals surface area contributed by atoms with Crippen molar-refractivity contribution in [2.45, 2.75) is 24.8 Å². The van der Waals surface area contributed by atoms with Gasteiger partial charge >= 0.3 is 0 Å². The van der Waals surface area contributed by atoms with Crippen LogP contribution >= 0.6 is 0 Å². The largest absolute Gasteiger partial charge is 0.244 e. The molecule has 0 N–H and O–H groups in total. The van der Waals surface area contributed by atoms with Crippen LogP contribution in [0.2, 0.25) is 0 Å². The Morgan fingerprint density at radius 2 is 1.68 bits per heavy atom. The first-order valence-corrected chi connectivity index (χ1v) is 8.66. The minimum atomic E-state index is -3.58. The first-order valence-electron chi connectivity index (χ1n) is 7.22. The Bertz CT molecular complexity index is 739. The van der Waals surface area contributed by atoms with Gasteiger partial charge in [0.1, 0.15) is 0 Å². The predicted molar refractivity (Wildman–Crippen MR) is 90.1 cm³/mol. The van der Waals surface area contributed by atoms with Crippen LogP contribution in [0.3, 0.4) is 0 Å². The van der Waals surface area contributed by atoms with E-state index in [4.69, 9.17) is 0 Å². The zero-order valence-corrected chi connectivity index (χ0v) is 13.8. The minimum absolute atomic E-state index is 0.260. The Hall–Kier alpha value is -1.91. The summed E-state index contributed by atoms with van der Waals surface area (Å²) in [4.78, 5) is 0.347. The summed E-state index contributed by atoms with van der Waals surface area (Å²) in [5, 5.41) is 0. The van der Waals surface area contributed by atoms with Gasteiger partial charge in [0.25, 0.3) is 0 Å². The summed E-state index contributed by atoms with van der Waals surface area (Å²) < 4.78 is 27.6. The van der Waals surface area contributed by atoms with Crippen molar-refractivity contribution in [3.05, 3.63) is 78.4 Å². The van der Waals surface area contributed by atoms with Crippen molar-refractivity contribution in [2.75, 3.05) is 6.54 Å². The van der Waals surface area contributed by atoms with Gasteiger partial charge in [-0.3, -0.25) is 0 Å². The van der Waals surface area contributed by atoms with Gasteiger partial charge in [0.15, 0.2) is 0 Å². The van der Waals surface area contributed by atoms with Crippen LogP contribution in [0.1, 0.15) is 24.1 Å². The van der Waals surface area contributed by atoms with Crippen LogP contribution in [0, 0.1) is 6.92 Å². The molecule has 2 rings (SSSR count). The van der Waals surface area contributed by atoms with Crippen LogP contribution in [0.25, 0.3) is 0 Å². The summed E-state index contributed by atoms with van der Waals surface area (Å²) in [6.45, 7) is 7.68. The summed E-state index contributed by atoms with van der Waals surface area (Å²) in [6, 6.07) is 16.4. The number of aryl methyl sites for hydroxylation is 1. The van der Waals surface area contributed by atoms with Gasteiger partial charge in [-0.2, -0.15) is 4.31 Å². The highest BCUT2D eigenvalue weighted by atomic mass is 32.2. The van der Waals surface area contributed by atoms with Gasteiger partial charge in [-0.25, -0.2) is 8.42 Å². The first-order chi connectivity index (χ1) is 10.5. The Morgan fingerprint density at radius 3 is 2.27 bits per heavy atom. The zero-order valence-electron chi connectivity index (χ0n) is 12.9. The third-order valence-electron chi connectivity index (χ3n) is 3.70. The fourth-order valence-corrected chi connectivity index (χ4v) is 4.28. The van der Waals surface area contributed by atoms with E-state index in [2.05, 4.69) is 6.58 Å². The summed E-state index contributed by atoms with van der Waals surface area (Å²) in [7, 11) is -3.58. The molecule has 3 nitrogen and oxygen atoms in total. The highest BCUT2D eigenvalue weighted by Gasteiger charge is 2.29. The smallest absolute Gasteiger partial charge is 0.207 e. The standard InChI is InChI=1S/C18H21NO2S/c1-4-14-19(16(3)17-11-6-5-7-12-17)22(20,21)18-13-9-8-10-15(18)2/h4-13,16H,1,14H2,2-3H3. The van der Waals surface area contributed by atoms with E-state index in [1.807, 2.05) is 56.3 Å².